The molecular formula is C14H18N2O. The lowest BCUT2D eigenvalue weighted by molar-refractivity contribution is -0.122. The summed E-state index contributed by atoms with van der Waals surface area (Å²) in [5.41, 5.74) is 6.88. The number of hydrogen-bond donors (Lipinski definition) is 2. The Bertz CT molecular complexity index is 381. The van der Waals surface area contributed by atoms with Gasteiger partial charge >= 0.3 is 0 Å². The van der Waals surface area contributed by atoms with Crippen molar-refractivity contribution in [3.63, 3.8) is 0 Å². The predicted molar refractivity (Wildman–Crippen MR) is 69.2 cm³/mol. The molecule has 0 aliphatic carbocycles. The molecule has 1 amide bonds. The molecule has 0 fully saturated rings. The molecule has 0 spiro atoms. The van der Waals surface area contributed by atoms with Gasteiger partial charge in [0, 0.05) is 13.0 Å². The Morgan fingerprint density at radius 1 is 1.41 bits per heavy atom. The molecule has 3 heteroatoms. The molecule has 0 unspecified atom stereocenters. The number of rotatable bonds is 6. The molecule has 3 N–H and O–H groups in total. The van der Waals surface area contributed by atoms with E-state index in [-0.39, 0.29) is 5.91 Å². The maximum atomic E-state index is 11.6. The van der Waals surface area contributed by atoms with Gasteiger partial charge in [0.15, 0.2) is 0 Å². The summed E-state index contributed by atoms with van der Waals surface area (Å²) in [5.74, 6) is 2.41. The third kappa shape index (κ3) is 5.19. The van der Waals surface area contributed by atoms with Gasteiger partial charge in [-0.05, 0) is 18.4 Å². The van der Waals surface area contributed by atoms with Crippen molar-refractivity contribution in [1.82, 2.24) is 5.32 Å². The van der Waals surface area contributed by atoms with Gasteiger partial charge in [0.1, 0.15) is 0 Å². The maximum Gasteiger partial charge on any atom is 0.237 e. The van der Waals surface area contributed by atoms with Crippen molar-refractivity contribution in [3.05, 3.63) is 35.9 Å². The average Bonchev–Trinajstić information content (AvgIpc) is 2.35. The highest BCUT2D eigenvalue weighted by molar-refractivity contribution is 5.81. The van der Waals surface area contributed by atoms with Gasteiger partial charge in [0.25, 0.3) is 0 Å². The largest absolute Gasteiger partial charge is 0.355 e. The van der Waals surface area contributed by atoms with Gasteiger partial charge in [-0.3, -0.25) is 4.79 Å². The topological polar surface area (TPSA) is 55.1 Å². The lowest BCUT2D eigenvalue weighted by atomic mass is 10.1. The highest BCUT2D eigenvalue weighted by Gasteiger charge is 2.12. The normalized spacial score (nSPS) is 11.5. The average molecular weight is 230 g/mol. The Labute approximate surface area is 102 Å². The molecule has 1 aromatic rings. The fraction of sp³-hybridized carbons (Fsp3) is 0.357. The molecule has 0 bridgehead atoms. The fourth-order valence-corrected chi connectivity index (χ4v) is 1.49. The lowest BCUT2D eigenvalue weighted by Gasteiger charge is -2.11. The number of terminal acetylenes is 1. The van der Waals surface area contributed by atoms with Crippen LogP contribution in [0.3, 0.4) is 0 Å². The highest BCUT2D eigenvalue weighted by atomic mass is 16.2. The highest BCUT2D eigenvalue weighted by Crippen LogP contribution is 2.01. The molecule has 0 heterocycles. The first-order chi connectivity index (χ1) is 8.24. The van der Waals surface area contributed by atoms with E-state index in [1.54, 1.807) is 0 Å². The van der Waals surface area contributed by atoms with Gasteiger partial charge in [0.2, 0.25) is 5.91 Å². The van der Waals surface area contributed by atoms with Crippen molar-refractivity contribution in [1.29, 1.82) is 0 Å². The zero-order chi connectivity index (χ0) is 12.5. The van der Waals surface area contributed by atoms with Crippen LogP contribution in [0, 0.1) is 12.3 Å². The van der Waals surface area contributed by atoms with Crippen molar-refractivity contribution in [2.24, 2.45) is 5.73 Å². The number of hydrogen-bond acceptors (Lipinski definition) is 2. The van der Waals surface area contributed by atoms with E-state index in [0.29, 0.717) is 19.4 Å². The molecule has 0 saturated carbocycles. The van der Waals surface area contributed by atoms with E-state index < -0.39 is 6.04 Å². The van der Waals surface area contributed by atoms with Gasteiger partial charge in [0.05, 0.1) is 6.04 Å². The van der Waals surface area contributed by atoms with E-state index in [1.165, 1.54) is 0 Å². The standard InChI is InChI=1S/C14H18N2O/c1-2-3-7-10-16-14(17)13(15)11-12-8-5-4-6-9-12/h1,4-6,8-9,13H,3,7,10-11,15H2,(H,16,17)/t13-/m1/s1. The predicted octanol–water partition coefficient (Wildman–Crippen LogP) is 1.09. The first-order valence-corrected chi connectivity index (χ1v) is 5.74. The van der Waals surface area contributed by atoms with Crippen molar-refractivity contribution in [3.8, 4) is 12.3 Å². The molecule has 90 valence electrons. The summed E-state index contributed by atoms with van der Waals surface area (Å²) < 4.78 is 0. The Hall–Kier alpha value is -1.79. The Morgan fingerprint density at radius 2 is 2.12 bits per heavy atom. The number of unbranched alkanes of at least 4 members (excludes halogenated alkanes) is 1. The van der Waals surface area contributed by atoms with E-state index in [2.05, 4.69) is 11.2 Å². The second-order valence-corrected chi connectivity index (χ2v) is 3.89. The number of nitrogens with two attached hydrogens (primary N) is 1. The zero-order valence-electron chi connectivity index (χ0n) is 9.86. The number of amides is 1. The van der Waals surface area contributed by atoms with Gasteiger partial charge in [-0.2, -0.15) is 0 Å². The molecule has 1 rings (SSSR count). The quantitative estimate of drug-likeness (QED) is 0.567. The number of benzene rings is 1. The van der Waals surface area contributed by atoms with Crippen LogP contribution in [0.4, 0.5) is 0 Å². The summed E-state index contributed by atoms with van der Waals surface area (Å²) >= 11 is 0. The first-order valence-electron chi connectivity index (χ1n) is 5.74. The van der Waals surface area contributed by atoms with E-state index >= 15 is 0 Å². The minimum Gasteiger partial charge on any atom is -0.355 e. The molecule has 1 atom stereocenters. The fourth-order valence-electron chi connectivity index (χ4n) is 1.49. The van der Waals surface area contributed by atoms with Gasteiger partial charge in [-0.1, -0.05) is 30.3 Å². The SMILES string of the molecule is C#CCCCNC(=O)[C@H](N)Cc1ccccc1. The minimum absolute atomic E-state index is 0.120. The van der Waals surface area contributed by atoms with Gasteiger partial charge in [-0.15, -0.1) is 12.3 Å². The number of nitrogens with one attached hydrogen (secondary N) is 1. The molecule has 0 saturated heterocycles. The first kappa shape index (κ1) is 13.3. The minimum atomic E-state index is -0.497. The summed E-state index contributed by atoms with van der Waals surface area (Å²) in [7, 11) is 0. The zero-order valence-corrected chi connectivity index (χ0v) is 9.86. The van der Waals surface area contributed by atoms with Gasteiger partial charge in [-0.25, -0.2) is 0 Å². The van der Waals surface area contributed by atoms with Crippen LogP contribution >= 0.6 is 0 Å². The maximum absolute atomic E-state index is 11.6. The van der Waals surface area contributed by atoms with Crippen LogP contribution < -0.4 is 11.1 Å². The summed E-state index contributed by atoms with van der Waals surface area (Å²) in [6.07, 6.45) is 7.14. The Morgan fingerprint density at radius 3 is 2.76 bits per heavy atom. The van der Waals surface area contributed by atoms with Crippen LogP contribution in [0.15, 0.2) is 30.3 Å². The molecule has 3 nitrogen and oxygen atoms in total. The number of carbonyl (C=O) groups excluding carboxylic acids is 1. The molecule has 0 aliphatic rings. The third-order valence-electron chi connectivity index (χ3n) is 2.43. The van der Waals surface area contributed by atoms with Crippen molar-refractivity contribution >= 4 is 5.91 Å². The van der Waals surface area contributed by atoms with E-state index in [1.807, 2.05) is 30.3 Å². The monoisotopic (exact) mass is 230 g/mol. The molecule has 0 radical (unpaired) electrons. The smallest absolute Gasteiger partial charge is 0.237 e. The van der Waals surface area contributed by atoms with Crippen LogP contribution in [0.5, 0.6) is 0 Å². The molecule has 1 aromatic carbocycles. The lowest BCUT2D eigenvalue weighted by Crippen LogP contribution is -2.42. The third-order valence-corrected chi connectivity index (χ3v) is 2.43. The second kappa shape index (κ2) is 7.48. The van der Waals surface area contributed by atoms with E-state index in [9.17, 15) is 4.79 Å². The van der Waals surface area contributed by atoms with E-state index in [4.69, 9.17) is 12.2 Å². The molecule has 17 heavy (non-hydrogen) atoms. The molecule has 0 aromatic heterocycles. The summed E-state index contributed by atoms with van der Waals surface area (Å²) in [5, 5.41) is 2.78. The summed E-state index contributed by atoms with van der Waals surface area (Å²) in [4.78, 5) is 11.6. The molecular weight excluding hydrogens is 212 g/mol. The van der Waals surface area contributed by atoms with Crippen LogP contribution in [0.25, 0.3) is 0 Å². The second-order valence-electron chi connectivity index (χ2n) is 3.89. The van der Waals surface area contributed by atoms with Crippen molar-refractivity contribution < 1.29 is 4.79 Å². The summed E-state index contributed by atoms with van der Waals surface area (Å²) in [6, 6.07) is 9.24. The number of carbonyl (C=O) groups is 1. The van der Waals surface area contributed by atoms with E-state index in [0.717, 1.165) is 12.0 Å². The Kier molecular flexibility index (Phi) is 5.84. The van der Waals surface area contributed by atoms with Crippen molar-refractivity contribution in [2.45, 2.75) is 25.3 Å². The Balaban J connectivity index is 2.30. The van der Waals surface area contributed by atoms with Crippen LogP contribution in [-0.2, 0) is 11.2 Å². The van der Waals surface area contributed by atoms with Crippen molar-refractivity contribution in [2.75, 3.05) is 6.54 Å². The van der Waals surface area contributed by atoms with Crippen LogP contribution in [0.2, 0.25) is 0 Å². The van der Waals surface area contributed by atoms with Crippen LogP contribution in [-0.4, -0.2) is 18.5 Å². The van der Waals surface area contributed by atoms with Gasteiger partial charge < -0.3 is 11.1 Å². The molecule has 0 aliphatic heterocycles. The summed E-state index contributed by atoms with van der Waals surface area (Å²) in [6.45, 7) is 0.589. The van der Waals surface area contributed by atoms with Crippen LogP contribution in [0.1, 0.15) is 18.4 Å².